The van der Waals surface area contributed by atoms with E-state index in [2.05, 4.69) is 5.32 Å². The Hall–Kier alpha value is -0.810. The molecule has 1 saturated heterocycles. The van der Waals surface area contributed by atoms with E-state index in [1.54, 1.807) is 0 Å². The second-order valence-corrected chi connectivity index (χ2v) is 6.93. The molecule has 0 spiro atoms. The van der Waals surface area contributed by atoms with Crippen molar-refractivity contribution in [3.05, 3.63) is 0 Å². The molecule has 1 aliphatic carbocycles. The predicted octanol–water partition coefficient (Wildman–Crippen LogP) is 2.39. The van der Waals surface area contributed by atoms with Gasteiger partial charge < -0.3 is 20.1 Å². The van der Waals surface area contributed by atoms with Crippen LogP contribution in [0.1, 0.15) is 51.9 Å². The lowest BCUT2D eigenvalue weighted by molar-refractivity contribution is 0.100. The Morgan fingerprint density at radius 3 is 2.59 bits per heavy atom. The molecule has 0 aromatic carbocycles. The van der Waals surface area contributed by atoms with Crippen molar-refractivity contribution in [1.82, 2.24) is 10.2 Å². The van der Waals surface area contributed by atoms with Crippen LogP contribution in [0.15, 0.2) is 0 Å². The fourth-order valence-electron chi connectivity index (χ4n) is 3.77. The zero-order chi connectivity index (χ0) is 15.8. The van der Waals surface area contributed by atoms with Crippen molar-refractivity contribution in [1.29, 1.82) is 0 Å². The minimum Gasteiger partial charge on any atom is -0.396 e. The van der Waals surface area contributed by atoms with E-state index in [-0.39, 0.29) is 18.1 Å². The minimum atomic E-state index is 0.0686. The molecule has 1 saturated carbocycles. The number of likely N-dealkylation sites (tertiary alicyclic amines) is 1. The quantitative estimate of drug-likeness (QED) is 0.710. The van der Waals surface area contributed by atoms with Crippen molar-refractivity contribution in [2.24, 2.45) is 11.3 Å². The van der Waals surface area contributed by atoms with Gasteiger partial charge in [0.05, 0.1) is 0 Å². The first-order valence-electron chi connectivity index (χ1n) is 8.90. The summed E-state index contributed by atoms with van der Waals surface area (Å²) in [5.74, 6) is 0.372. The van der Waals surface area contributed by atoms with Gasteiger partial charge in [-0.05, 0) is 50.4 Å². The maximum absolute atomic E-state index is 12.3. The second-order valence-electron chi connectivity index (χ2n) is 6.93. The third kappa shape index (κ3) is 4.85. The van der Waals surface area contributed by atoms with E-state index in [1.807, 2.05) is 11.8 Å². The van der Waals surface area contributed by atoms with Gasteiger partial charge in [-0.1, -0.05) is 12.8 Å². The third-order valence-corrected chi connectivity index (χ3v) is 5.42. The first-order valence-corrected chi connectivity index (χ1v) is 8.90. The van der Waals surface area contributed by atoms with E-state index in [0.717, 1.165) is 52.1 Å². The summed E-state index contributed by atoms with van der Waals surface area (Å²) < 4.78 is 5.52. The molecule has 5 heteroatoms. The second kappa shape index (κ2) is 8.73. The number of aliphatic hydroxyl groups is 1. The number of carbonyl (C=O) groups excluding carboxylic acids is 1. The number of nitrogens with one attached hydrogen (secondary N) is 1. The summed E-state index contributed by atoms with van der Waals surface area (Å²) in [6, 6.07) is 0.0686. The molecule has 2 aliphatic rings. The molecule has 2 fully saturated rings. The number of nitrogens with zero attached hydrogens (tertiary/aromatic N) is 1. The van der Waals surface area contributed by atoms with Crippen LogP contribution < -0.4 is 5.32 Å². The average molecular weight is 312 g/mol. The van der Waals surface area contributed by atoms with Crippen molar-refractivity contribution >= 4 is 6.03 Å². The molecule has 22 heavy (non-hydrogen) atoms. The predicted molar refractivity (Wildman–Crippen MR) is 86.8 cm³/mol. The molecule has 1 heterocycles. The highest BCUT2D eigenvalue weighted by atomic mass is 16.5. The lowest BCUT2D eigenvalue weighted by atomic mass is 9.83. The number of aliphatic hydroxyl groups excluding tert-OH is 1. The van der Waals surface area contributed by atoms with Gasteiger partial charge in [-0.25, -0.2) is 4.79 Å². The van der Waals surface area contributed by atoms with Crippen LogP contribution in [0.25, 0.3) is 0 Å². The lowest BCUT2D eigenvalue weighted by Gasteiger charge is -2.34. The maximum atomic E-state index is 12.3. The fraction of sp³-hybridized carbons (Fsp3) is 0.941. The van der Waals surface area contributed by atoms with Crippen molar-refractivity contribution in [3.8, 4) is 0 Å². The Balaban J connectivity index is 1.75. The first-order chi connectivity index (χ1) is 10.7. The zero-order valence-corrected chi connectivity index (χ0v) is 14.0. The van der Waals surface area contributed by atoms with Crippen LogP contribution in [0.5, 0.6) is 0 Å². The molecule has 128 valence electrons. The summed E-state index contributed by atoms with van der Waals surface area (Å²) in [6.45, 7) is 6.15. The normalized spacial score (nSPS) is 22.0. The SMILES string of the molecule is CCOCCC1(CNC(=O)N2CCC(CO)CC2)CCCC1. The first kappa shape index (κ1) is 17.5. The van der Waals surface area contributed by atoms with Crippen molar-refractivity contribution in [2.45, 2.75) is 51.9 Å². The Labute approximate surface area is 134 Å². The molecule has 0 unspecified atom stereocenters. The summed E-state index contributed by atoms with van der Waals surface area (Å²) in [5.41, 5.74) is 0.244. The summed E-state index contributed by atoms with van der Waals surface area (Å²) in [4.78, 5) is 14.2. The van der Waals surface area contributed by atoms with E-state index in [0.29, 0.717) is 5.92 Å². The maximum Gasteiger partial charge on any atom is 0.317 e. The van der Waals surface area contributed by atoms with Crippen LogP contribution in [0, 0.1) is 11.3 Å². The van der Waals surface area contributed by atoms with Crippen molar-refractivity contribution in [3.63, 3.8) is 0 Å². The standard InChI is InChI=1S/C17H32N2O3/c1-2-22-12-9-17(7-3-4-8-17)14-18-16(21)19-10-5-15(13-20)6-11-19/h15,20H,2-14H2,1H3,(H,18,21). The molecular formula is C17H32N2O3. The van der Waals surface area contributed by atoms with Gasteiger partial charge in [0.1, 0.15) is 0 Å². The van der Waals surface area contributed by atoms with Gasteiger partial charge in [0.2, 0.25) is 0 Å². The summed E-state index contributed by atoms with van der Waals surface area (Å²) >= 11 is 0. The van der Waals surface area contributed by atoms with Crippen molar-refractivity contribution < 1.29 is 14.6 Å². The number of hydrogen-bond donors (Lipinski definition) is 2. The number of hydrogen-bond acceptors (Lipinski definition) is 3. The highest BCUT2D eigenvalue weighted by Crippen LogP contribution is 2.40. The molecule has 0 aromatic heterocycles. The van der Waals surface area contributed by atoms with Gasteiger partial charge in [-0.3, -0.25) is 0 Å². The van der Waals surface area contributed by atoms with E-state index >= 15 is 0 Å². The molecule has 5 nitrogen and oxygen atoms in total. The number of ether oxygens (including phenoxy) is 1. The lowest BCUT2D eigenvalue weighted by Crippen LogP contribution is -2.47. The number of piperidine rings is 1. The largest absolute Gasteiger partial charge is 0.396 e. The van der Waals surface area contributed by atoms with Crippen LogP contribution in [0.4, 0.5) is 4.79 Å². The van der Waals surface area contributed by atoms with Crippen molar-refractivity contribution in [2.75, 3.05) is 39.5 Å². The molecule has 2 amide bonds. The average Bonchev–Trinajstić information content (AvgIpc) is 3.02. The number of amides is 2. The van der Waals surface area contributed by atoms with Gasteiger partial charge in [0, 0.05) is 39.5 Å². The smallest absolute Gasteiger partial charge is 0.317 e. The molecule has 0 bridgehead atoms. The summed E-state index contributed by atoms with van der Waals surface area (Å²) in [6.07, 6.45) is 7.82. The van der Waals surface area contributed by atoms with Crippen LogP contribution in [0.2, 0.25) is 0 Å². The van der Waals surface area contributed by atoms with E-state index in [4.69, 9.17) is 9.84 Å². The molecule has 0 radical (unpaired) electrons. The van der Waals surface area contributed by atoms with Gasteiger partial charge in [-0.15, -0.1) is 0 Å². The van der Waals surface area contributed by atoms with Crippen LogP contribution in [-0.2, 0) is 4.74 Å². The van der Waals surface area contributed by atoms with E-state index in [1.165, 1.54) is 25.7 Å². The van der Waals surface area contributed by atoms with Gasteiger partial charge >= 0.3 is 6.03 Å². The minimum absolute atomic E-state index is 0.0686. The Morgan fingerprint density at radius 1 is 1.32 bits per heavy atom. The monoisotopic (exact) mass is 312 g/mol. The Kier molecular flexibility index (Phi) is 6.96. The van der Waals surface area contributed by atoms with Crippen LogP contribution in [0.3, 0.4) is 0 Å². The van der Waals surface area contributed by atoms with E-state index in [9.17, 15) is 4.79 Å². The zero-order valence-electron chi connectivity index (χ0n) is 14.0. The number of carbonyl (C=O) groups is 1. The molecule has 0 atom stereocenters. The molecular weight excluding hydrogens is 280 g/mol. The van der Waals surface area contributed by atoms with E-state index < -0.39 is 0 Å². The van der Waals surface area contributed by atoms with Gasteiger partial charge in [0.25, 0.3) is 0 Å². The van der Waals surface area contributed by atoms with Crippen LogP contribution >= 0.6 is 0 Å². The Morgan fingerprint density at radius 2 is 2.00 bits per heavy atom. The van der Waals surface area contributed by atoms with Gasteiger partial charge in [-0.2, -0.15) is 0 Å². The molecule has 2 N–H and O–H groups in total. The number of rotatable bonds is 7. The Bertz CT molecular complexity index is 335. The highest BCUT2D eigenvalue weighted by molar-refractivity contribution is 5.74. The number of urea groups is 1. The summed E-state index contributed by atoms with van der Waals surface area (Å²) in [7, 11) is 0. The van der Waals surface area contributed by atoms with Crippen LogP contribution in [-0.4, -0.2) is 55.5 Å². The highest BCUT2D eigenvalue weighted by Gasteiger charge is 2.34. The van der Waals surface area contributed by atoms with Gasteiger partial charge in [0.15, 0.2) is 0 Å². The molecule has 2 rings (SSSR count). The topological polar surface area (TPSA) is 61.8 Å². The molecule has 1 aliphatic heterocycles. The molecule has 0 aromatic rings. The third-order valence-electron chi connectivity index (χ3n) is 5.42. The fourth-order valence-corrected chi connectivity index (χ4v) is 3.77. The summed E-state index contributed by atoms with van der Waals surface area (Å²) in [5, 5.41) is 12.3.